The smallest absolute Gasteiger partial charge is 0.407 e. The number of ether oxygens (including phenoxy) is 1. The Morgan fingerprint density at radius 1 is 1.21 bits per heavy atom. The maximum absolute atomic E-state index is 11.4. The van der Waals surface area contributed by atoms with Gasteiger partial charge in [0.15, 0.2) is 0 Å². The zero-order valence-electron chi connectivity index (χ0n) is 12.4. The number of alkyl carbamates (subject to hydrolysis) is 1. The predicted octanol–water partition coefficient (Wildman–Crippen LogP) is 1.79. The molecular weight excluding hydrogens is 244 g/mol. The third kappa shape index (κ3) is 7.38. The van der Waals surface area contributed by atoms with Crippen LogP contribution in [0.1, 0.15) is 52.9 Å². The van der Waals surface area contributed by atoms with Crippen LogP contribution in [-0.2, 0) is 4.74 Å². The highest BCUT2D eigenvalue weighted by Crippen LogP contribution is 2.17. The lowest BCUT2D eigenvalue weighted by Gasteiger charge is -2.22. The largest absolute Gasteiger partial charge is 0.444 e. The standard InChI is InChI=1S/C14H28N2O3/c1-14(2,3)19-13(18)16-10-9-15-11-7-5-4-6-8-12(11)17/h11-12,15,17H,4-10H2,1-3H3,(H,16,18). The van der Waals surface area contributed by atoms with E-state index in [0.29, 0.717) is 13.1 Å². The topological polar surface area (TPSA) is 70.6 Å². The average Bonchev–Trinajstić information content (AvgIpc) is 2.47. The van der Waals surface area contributed by atoms with Crippen molar-refractivity contribution in [3.8, 4) is 0 Å². The lowest BCUT2D eigenvalue weighted by Crippen LogP contribution is -2.43. The van der Waals surface area contributed by atoms with Crippen LogP contribution in [0.3, 0.4) is 0 Å². The molecular formula is C14H28N2O3. The van der Waals surface area contributed by atoms with Gasteiger partial charge in [-0.3, -0.25) is 0 Å². The van der Waals surface area contributed by atoms with Gasteiger partial charge in [0, 0.05) is 19.1 Å². The first kappa shape index (κ1) is 16.2. The Labute approximate surface area is 116 Å². The molecule has 2 atom stereocenters. The van der Waals surface area contributed by atoms with Crippen LogP contribution in [0, 0.1) is 0 Å². The second kappa shape index (κ2) is 7.70. The number of amides is 1. The molecule has 3 N–H and O–H groups in total. The van der Waals surface area contributed by atoms with Crippen LogP contribution in [0.5, 0.6) is 0 Å². The number of carbonyl (C=O) groups is 1. The molecule has 112 valence electrons. The van der Waals surface area contributed by atoms with Crippen LogP contribution in [0.4, 0.5) is 4.79 Å². The van der Waals surface area contributed by atoms with Crippen molar-refractivity contribution in [3.05, 3.63) is 0 Å². The van der Waals surface area contributed by atoms with Crippen LogP contribution >= 0.6 is 0 Å². The lowest BCUT2D eigenvalue weighted by atomic mass is 10.1. The summed E-state index contributed by atoms with van der Waals surface area (Å²) < 4.78 is 5.14. The van der Waals surface area contributed by atoms with E-state index in [1.165, 1.54) is 6.42 Å². The third-order valence-corrected chi connectivity index (χ3v) is 3.18. The molecule has 5 nitrogen and oxygen atoms in total. The van der Waals surface area contributed by atoms with Gasteiger partial charge in [0.2, 0.25) is 0 Å². The third-order valence-electron chi connectivity index (χ3n) is 3.18. The Balaban J connectivity index is 2.14. The minimum Gasteiger partial charge on any atom is -0.444 e. The number of nitrogens with one attached hydrogen (secondary N) is 2. The maximum Gasteiger partial charge on any atom is 0.407 e. The fourth-order valence-electron chi connectivity index (χ4n) is 2.26. The van der Waals surface area contributed by atoms with E-state index in [4.69, 9.17) is 4.74 Å². The van der Waals surface area contributed by atoms with Gasteiger partial charge >= 0.3 is 6.09 Å². The van der Waals surface area contributed by atoms with Crippen LogP contribution in [0.25, 0.3) is 0 Å². The lowest BCUT2D eigenvalue weighted by molar-refractivity contribution is 0.0526. The summed E-state index contributed by atoms with van der Waals surface area (Å²) in [7, 11) is 0. The summed E-state index contributed by atoms with van der Waals surface area (Å²) in [5.41, 5.74) is -0.463. The molecule has 1 aliphatic rings. The van der Waals surface area contributed by atoms with Gasteiger partial charge in [0.1, 0.15) is 5.60 Å². The van der Waals surface area contributed by atoms with Gasteiger partial charge in [0.05, 0.1) is 6.10 Å². The SMILES string of the molecule is CC(C)(C)OC(=O)NCCNC1CCCCCC1O. The summed E-state index contributed by atoms with van der Waals surface area (Å²) in [6.07, 6.45) is 4.69. The summed E-state index contributed by atoms with van der Waals surface area (Å²) in [5, 5.41) is 15.9. The van der Waals surface area contributed by atoms with Crippen molar-refractivity contribution < 1.29 is 14.6 Å². The van der Waals surface area contributed by atoms with Crippen molar-refractivity contribution >= 4 is 6.09 Å². The quantitative estimate of drug-likeness (QED) is 0.539. The monoisotopic (exact) mass is 272 g/mol. The molecule has 19 heavy (non-hydrogen) atoms. The summed E-state index contributed by atoms with van der Waals surface area (Å²) in [6.45, 7) is 6.69. The van der Waals surface area contributed by atoms with Crippen molar-refractivity contribution in [2.24, 2.45) is 0 Å². The molecule has 5 heteroatoms. The fourth-order valence-corrected chi connectivity index (χ4v) is 2.26. The Morgan fingerprint density at radius 3 is 2.58 bits per heavy atom. The van der Waals surface area contributed by atoms with Gasteiger partial charge in [-0.1, -0.05) is 19.3 Å². The highest BCUT2D eigenvalue weighted by Gasteiger charge is 2.21. The van der Waals surface area contributed by atoms with E-state index >= 15 is 0 Å². The highest BCUT2D eigenvalue weighted by molar-refractivity contribution is 5.67. The number of hydrogen-bond donors (Lipinski definition) is 3. The maximum atomic E-state index is 11.4. The Bertz CT molecular complexity index is 276. The van der Waals surface area contributed by atoms with Gasteiger partial charge < -0.3 is 20.5 Å². The van der Waals surface area contributed by atoms with Crippen molar-refractivity contribution in [2.45, 2.75) is 70.6 Å². The minimum atomic E-state index is -0.463. The molecule has 1 aliphatic carbocycles. The molecule has 0 aromatic heterocycles. The molecule has 0 spiro atoms. The van der Waals surface area contributed by atoms with E-state index in [0.717, 1.165) is 25.7 Å². The van der Waals surface area contributed by atoms with E-state index in [1.807, 2.05) is 20.8 Å². The highest BCUT2D eigenvalue weighted by atomic mass is 16.6. The van der Waals surface area contributed by atoms with E-state index in [1.54, 1.807) is 0 Å². The number of carbonyl (C=O) groups excluding carboxylic acids is 1. The van der Waals surface area contributed by atoms with Gasteiger partial charge in [-0.05, 0) is 33.6 Å². The number of hydrogen-bond acceptors (Lipinski definition) is 4. The first-order valence-electron chi connectivity index (χ1n) is 7.27. The fraction of sp³-hybridized carbons (Fsp3) is 0.929. The first-order chi connectivity index (χ1) is 8.88. The Kier molecular flexibility index (Phi) is 6.58. The van der Waals surface area contributed by atoms with Crippen molar-refractivity contribution in [1.29, 1.82) is 0 Å². The zero-order valence-corrected chi connectivity index (χ0v) is 12.4. The van der Waals surface area contributed by atoms with Gasteiger partial charge in [-0.2, -0.15) is 0 Å². The molecule has 0 aromatic carbocycles. The summed E-state index contributed by atoms with van der Waals surface area (Å²) in [6, 6.07) is 0.155. The van der Waals surface area contributed by atoms with E-state index in [9.17, 15) is 9.90 Å². The molecule has 0 radical (unpaired) electrons. The van der Waals surface area contributed by atoms with Gasteiger partial charge in [-0.15, -0.1) is 0 Å². The molecule has 1 fully saturated rings. The van der Waals surface area contributed by atoms with E-state index in [2.05, 4.69) is 10.6 Å². The van der Waals surface area contributed by atoms with Crippen LogP contribution in [0.15, 0.2) is 0 Å². The molecule has 1 saturated carbocycles. The zero-order chi connectivity index (χ0) is 14.3. The minimum absolute atomic E-state index is 0.155. The van der Waals surface area contributed by atoms with Crippen molar-refractivity contribution in [1.82, 2.24) is 10.6 Å². The molecule has 1 amide bonds. The molecule has 0 aliphatic heterocycles. The number of rotatable bonds is 4. The Hall–Kier alpha value is -0.810. The van der Waals surface area contributed by atoms with Gasteiger partial charge in [-0.25, -0.2) is 4.79 Å². The van der Waals surface area contributed by atoms with Crippen LogP contribution < -0.4 is 10.6 Å². The number of aliphatic hydroxyl groups excluding tert-OH is 1. The van der Waals surface area contributed by atoms with Crippen molar-refractivity contribution in [3.63, 3.8) is 0 Å². The summed E-state index contributed by atoms with van der Waals surface area (Å²) in [4.78, 5) is 11.4. The molecule has 0 saturated heterocycles. The second-order valence-corrected chi connectivity index (χ2v) is 6.19. The van der Waals surface area contributed by atoms with Crippen molar-refractivity contribution in [2.75, 3.05) is 13.1 Å². The molecule has 2 unspecified atom stereocenters. The molecule has 1 rings (SSSR count). The summed E-state index contributed by atoms with van der Waals surface area (Å²) in [5.74, 6) is 0. The molecule has 0 heterocycles. The van der Waals surface area contributed by atoms with Gasteiger partial charge in [0.25, 0.3) is 0 Å². The van der Waals surface area contributed by atoms with Crippen LogP contribution in [-0.4, -0.2) is 42.0 Å². The normalized spacial score (nSPS) is 24.6. The van der Waals surface area contributed by atoms with E-state index < -0.39 is 11.7 Å². The number of aliphatic hydroxyl groups is 1. The second-order valence-electron chi connectivity index (χ2n) is 6.19. The first-order valence-corrected chi connectivity index (χ1v) is 7.27. The average molecular weight is 272 g/mol. The molecule has 0 bridgehead atoms. The predicted molar refractivity (Wildman–Crippen MR) is 75.1 cm³/mol. The Morgan fingerprint density at radius 2 is 1.89 bits per heavy atom. The summed E-state index contributed by atoms with van der Waals surface area (Å²) >= 11 is 0. The molecule has 0 aromatic rings. The van der Waals surface area contributed by atoms with Crippen LogP contribution in [0.2, 0.25) is 0 Å². The van der Waals surface area contributed by atoms with E-state index in [-0.39, 0.29) is 12.1 Å².